The molecular weight excluding hydrogens is 198 g/mol. The molecule has 1 N–H and O–H groups in total. The van der Waals surface area contributed by atoms with Gasteiger partial charge in [0.05, 0.1) is 4.87 Å². The first-order valence-electron chi connectivity index (χ1n) is 4.62. The van der Waals surface area contributed by atoms with Crippen molar-refractivity contribution < 1.29 is 0 Å². The minimum Gasteiger partial charge on any atom is -0.302 e. The molecule has 1 nitrogen and oxygen atoms in total. The normalized spacial score (nSPS) is 33.8. The molecular formula is C10H15NS2. The second-order valence-electron chi connectivity index (χ2n) is 3.85. The van der Waals surface area contributed by atoms with E-state index in [-0.39, 0.29) is 4.87 Å². The van der Waals surface area contributed by atoms with Gasteiger partial charge in [0.2, 0.25) is 0 Å². The van der Waals surface area contributed by atoms with Crippen molar-refractivity contribution >= 4 is 23.1 Å². The molecule has 0 saturated carbocycles. The van der Waals surface area contributed by atoms with Crippen molar-refractivity contribution in [2.45, 2.75) is 30.4 Å². The number of nitrogens with one attached hydrogen (secondary N) is 1. The van der Waals surface area contributed by atoms with Gasteiger partial charge in [0.15, 0.2) is 0 Å². The standard InChI is InChI=1S/C10H15NS2/c1-8-6-11-10(2,13-8)5-9-3-4-12-7-9/h3-4,7-8,11H,5-6H2,1-2H3. The molecule has 72 valence electrons. The Bertz CT molecular complexity index is 270. The maximum absolute atomic E-state index is 3.59. The van der Waals surface area contributed by atoms with E-state index in [4.69, 9.17) is 0 Å². The zero-order valence-corrected chi connectivity index (χ0v) is 9.67. The Morgan fingerprint density at radius 2 is 2.54 bits per heavy atom. The average molecular weight is 213 g/mol. The maximum atomic E-state index is 3.59. The fourth-order valence-electron chi connectivity index (χ4n) is 1.77. The second-order valence-corrected chi connectivity index (χ2v) is 6.57. The second kappa shape index (κ2) is 3.64. The van der Waals surface area contributed by atoms with Gasteiger partial charge in [-0.05, 0) is 29.3 Å². The lowest BCUT2D eigenvalue weighted by atomic mass is 10.1. The van der Waals surface area contributed by atoms with Crippen LogP contribution in [0.2, 0.25) is 0 Å². The quantitative estimate of drug-likeness (QED) is 0.810. The molecule has 1 aliphatic rings. The summed E-state index contributed by atoms with van der Waals surface area (Å²) in [6, 6.07) is 2.22. The van der Waals surface area contributed by atoms with Gasteiger partial charge in [0.1, 0.15) is 0 Å². The zero-order valence-electron chi connectivity index (χ0n) is 8.04. The van der Waals surface area contributed by atoms with E-state index in [1.165, 1.54) is 5.56 Å². The lowest BCUT2D eigenvalue weighted by Gasteiger charge is -2.22. The van der Waals surface area contributed by atoms with Crippen LogP contribution >= 0.6 is 23.1 Å². The number of rotatable bonds is 2. The molecule has 0 bridgehead atoms. The van der Waals surface area contributed by atoms with Gasteiger partial charge in [-0.15, -0.1) is 11.8 Å². The molecule has 0 spiro atoms. The molecule has 0 aromatic carbocycles. The minimum absolute atomic E-state index is 0.264. The molecule has 1 aromatic heterocycles. The fraction of sp³-hybridized carbons (Fsp3) is 0.600. The number of hydrogen-bond acceptors (Lipinski definition) is 3. The van der Waals surface area contributed by atoms with Crippen LogP contribution in [0.15, 0.2) is 16.8 Å². The lowest BCUT2D eigenvalue weighted by molar-refractivity contribution is 0.535. The molecule has 0 aliphatic carbocycles. The summed E-state index contributed by atoms with van der Waals surface area (Å²) in [6.45, 7) is 5.74. The Kier molecular flexibility index (Phi) is 2.67. The van der Waals surface area contributed by atoms with Crippen LogP contribution in [-0.4, -0.2) is 16.7 Å². The van der Waals surface area contributed by atoms with Crippen LogP contribution in [0.1, 0.15) is 19.4 Å². The molecule has 2 atom stereocenters. The third kappa shape index (κ3) is 2.27. The van der Waals surface area contributed by atoms with Crippen molar-refractivity contribution in [3.8, 4) is 0 Å². The van der Waals surface area contributed by atoms with Crippen LogP contribution in [0.25, 0.3) is 0 Å². The summed E-state index contributed by atoms with van der Waals surface area (Å²) in [5.74, 6) is 0. The van der Waals surface area contributed by atoms with Crippen LogP contribution in [0.3, 0.4) is 0 Å². The van der Waals surface area contributed by atoms with E-state index in [0.29, 0.717) is 0 Å². The van der Waals surface area contributed by atoms with E-state index in [0.717, 1.165) is 18.2 Å². The van der Waals surface area contributed by atoms with Gasteiger partial charge in [0.25, 0.3) is 0 Å². The van der Waals surface area contributed by atoms with Crippen LogP contribution in [0.5, 0.6) is 0 Å². The van der Waals surface area contributed by atoms with Crippen LogP contribution in [-0.2, 0) is 6.42 Å². The Hall–Kier alpha value is 0.01000. The van der Waals surface area contributed by atoms with E-state index in [9.17, 15) is 0 Å². The van der Waals surface area contributed by atoms with E-state index in [2.05, 4.69) is 47.8 Å². The Morgan fingerprint density at radius 3 is 3.08 bits per heavy atom. The van der Waals surface area contributed by atoms with E-state index in [1.54, 1.807) is 11.3 Å². The van der Waals surface area contributed by atoms with Gasteiger partial charge >= 0.3 is 0 Å². The van der Waals surface area contributed by atoms with Gasteiger partial charge in [0, 0.05) is 18.2 Å². The molecule has 0 amide bonds. The van der Waals surface area contributed by atoms with Crippen molar-refractivity contribution in [1.82, 2.24) is 5.32 Å². The maximum Gasteiger partial charge on any atom is 0.0661 e. The summed E-state index contributed by atoms with van der Waals surface area (Å²) in [5.41, 5.74) is 1.46. The molecule has 1 aromatic rings. The third-order valence-electron chi connectivity index (χ3n) is 2.35. The first kappa shape index (κ1) is 9.56. The molecule has 2 rings (SSSR count). The van der Waals surface area contributed by atoms with E-state index in [1.807, 2.05) is 0 Å². The first-order chi connectivity index (χ1) is 6.18. The van der Waals surface area contributed by atoms with Crippen LogP contribution in [0, 0.1) is 0 Å². The predicted octanol–water partition coefficient (Wildman–Crippen LogP) is 2.73. The monoisotopic (exact) mass is 213 g/mol. The Balaban J connectivity index is 2.01. The SMILES string of the molecule is CC1CNC(C)(Cc2ccsc2)S1. The first-order valence-corrected chi connectivity index (χ1v) is 6.44. The van der Waals surface area contributed by atoms with Crippen molar-refractivity contribution in [1.29, 1.82) is 0 Å². The number of hydrogen-bond donors (Lipinski definition) is 1. The van der Waals surface area contributed by atoms with Gasteiger partial charge in [-0.1, -0.05) is 6.92 Å². The van der Waals surface area contributed by atoms with Crippen molar-refractivity contribution in [3.05, 3.63) is 22.4 Å². The van der Waals surface area contributed by atoms with Crippen molar-refractivity contribution in [2.75, 3.05) is 6.54 Å². The summed E-state index contributed by atoms with van der Waals surface area (Å²) >= 11 is 3.85. The van der Waals surface area contributed by atoms with E-state index >= 15 is 0 Å². The largest absolute Gasteiger partial charge is 0.302 e. The Labute approximate surface area is 87.9 Å². The molecule has 1 saturated heterocycles. The summed E-state index contributed by atoms with van der Waals surface area (Å²) in [7, 11) is 0. The van der Waals surface area contributed by atoms with Gasteiger partial charge < -0.3 is 5.32 Å². The molecule has 1 fully saturated rings. The van der Waals surface area contributed by atoms with Crippen LogP contribution in [0.4, 0.5) is 0 Å². The highest BCUT2D eigenvalue weighted by atomic mass is 32.2. The van der Waals surface area contributed by atoms with Crippen molar-refractivity contribution in [2.24, 2.45) is 0 Å². The number of thioether (sulfide) groups is 1. The highest BCUT2D eigenvalue weighted by molar-refractivity contribution is 8.01. The topological polar surface area (TPSA) is 12.0 Å². The minimum atomic E-state index is 0.264. The molecule has 0 radical (unpaired) electrons. The van der Waals surface area contributed by atoms with Crippen molar-refractivity contribution in [3.63, 3.8) is 0 Å². The highest BCUT2D eigenvalue weighted by Gasteiger charge is 2.33. The average Bonchev–Trinajstić information content (AvgIpc) is 2.62. The summed E-state index contributed by atoms with van der Waals surface area (Å²) < 4.78 is 0. The zero-order chi connectivity index (χ0) is 9.31. The van der Waals surface area contributed by atoms with E-state index < -0.39 is 0 Å². The molecule has 13 heavy (non-hydrogen) atoms. The van der Waals surface area contributed by atoms with Gasteiger partial charge in [-0.25, -0.2) is 0 Å². The highest BCUT2D eigenvalue weighted by Crippen LogP contribution is 2.35. The summed E-state index contributed by atoms with van der Waals surface area (Å²) in [6.07, 6.45) is 1.14. The lowest BCUT2D eigenvalue weighted by Crippen LogP contribution is -2.35. The molecule has 1 aliphatic heterocycles. The molecule has 2 unspecified atom stereocenters. The third-order valence-corrected chi connectivity index (χ3v) is 4.46. The fourth-order valence-corrected chi connectivity index (χ4v) is 3.91. The van der Waals surface area contributed by atoms with Crippen LogP contribution < -0.4 is 5.32 Å². The van der Waals surface area contributed by atoms with Gasteiger partial charge in [-0.2, -0.15) is 11.3 Å². The summed E-state index contributed by atoms with van der Waals surface area (Å²) in [4.78, 5) is 0.264. The summed E-state index contributed by atoms with van der Waals surface area (Å²) in [5, 5.41) is 8.74. The molecule has 2 heterocycles. The van der Waals surface area contributed by atoms with Gasteiger partial charge in [-0.3, -0.25) is 0 Å². The smallest absolute Gasteiger partial charge is 0.0661 e. The Morgan fingerprint density at radius 1 is 1.69 bits per heavy atom. The molecule has 3 heteroatoms. The number of thiophene rings is 1. The predicted molar refractivity (Wildman–Crippen MR) is 61.5 cm³/mol.